The van der Waals surface area contributed by atoms with Crippen molar-refractivity contribution in [3.63, 3.8) is 0 Å². The van der Waals surface area contributed by atoms with Crippen LogP contribution in [0.3, 0.4) is 0 Å². The van der Waals surface area contributed by atoms with E-state index in [0.29, 0.717) is 34.7 Å². The largest absolute Gasteiger partial charge is 0.486 e. The lowest BCUT2D eigenvalue weighted by molar-refractivity contribution is -0.113. The molecule has 154 valence electrons. The molecule has 8 nitrogen and oxygen atoms in total. The van der Waals surface area contributed by atoms with Crippen molar-refractivity contribution in [2.45, 2.75) is 18.3 Å². The predicted octanol–water partition coefficient (Wildman–Crippen LogP) is 3.50. The van der Waals surface area contributed by atoms with Crippen LogP contribution < -0.4 is 19.5 Å². The number of fused-ring (bicyclic) bond motifs is 1. The second kappa shape index (κ2) is 9.36. The molecule has 3 aromatic rings. The lowest BCUT2D eigenvalue weighted by Gasteiger charge is -2.09. The average molecular weight is 424 g/mol. The van der Waals surface area contributed by atoms with Gasteiger partial charge in [0.25, 0.3) is 0 Å². The summed E-state index contributed by atoms with van der Waals surface area (Å²) in [6.07, 6.45) is 1.76. The molecular weight excluding hydrogens is 404 g/mol. The van der Waals surface area contributed by atoms with E-state index in [1.54, 1.807) is 24.3 Å². The fourth-order valence-corrected chi connectivity index (χ4v) is 3.58. The van der Waals surface area contributed by atoms with Gasteiger partial charge in [-0.15, -0.1) is 16.8 Å². The Morgan fingerprint density at radius 1 is 1.20 bits per heavy atom. The number of nitrogens with one attached hydrogen (secondary N) is 1. The summed E-state index contributed by atoms with van der Waals surface area (Å²) in [7, 11) is 0. The summed E-state index contributed by atoms with van der Waals surface area (Å²) in [5, 5.41) is 11.9. The third-order valence-electron chi connectivity index (χ3n) is 4.20. The topological polar surface area (TPSA) is 87.5 Å². The molecule has 0 spiro atoms. The van der Waals surface area contributed by atoms with Gasteiger partial charge in [-0.05, 0) is 24.3 Å². The molecule has 1 amide bonds. The van der Waals surface area contributed by atoms with E-state index in [9.17, 15) is 4.79 Å². The number of hydrogen-bond donors (Lipinski definition) is 1. The Morgan fingerprint density at radius 3 is 2.87 bits per heavy atom. The van der Waals surface area contributed by atoms with Gasteiger partial charge in [0, 0.05) is 18.3 Å². The highest BCUT2D eigenvalue weighted by atomic mass is 32.2. The molecular formula is C21H20N4O4S. The van der Waals surface area contributed by atoms with Gasteiger partial charge in [0.05, 0.1) is 5.75 Å². The van der Waals surface area contributed by atoms with Crippen molar-refractivity contribution < 1.29 is 19.0 Å². The lowest BCUT2D eigenvalue weighted by atomic mass is 10.3. The molecule has 0 bridgehead atoms. The van der Waals surface area contributed by atoms with Gasteiger partial charge in [0.15, 0.2) is 22.5 Å². The summed E-state index contributed by atoms with van der Waals surface area (Å²) < 4.78 is 18.3. The molecule has 1 aliphatic heterocycles. The summed E-state index contributed by atoms with van der Waals surface area (Å²) in [5.74, 6) is 2.73. The Kier molecular flexibility index (Phi) is 6.19. The maximum atomic E-state index is 12.4. The Morgan fingerprint density at radius 2 is 2.03 bits per heavy atom. The van der Waals surface area contributed by atoms with Crippen LogP contribution in [0, 0.1) is 0 Å². The zero-order valence-corrected chi connectivity index (χ0v) is 16.9. The van der Waals surface area contributed by atoms with Gasteiger partial charge in [0.1, 0.15) is 12.4 Å². The van der Waals surface area contributed by atoms with Gasteiger partial charge in [-0.1, -0.05) is 36.0 Å². The summed E-state index contributed by atoms with van der Waals surface area (Å²) >= 11 is 1.30. The molecule has 0 aliphatic carbocycles. The van der Waals surface area contributed by atoms with E-state index in [4.69, 9.17) is 14.2 Å². The normalized spacial score (nSPS) is 11.9. The van der Waals surface area contributed by atoms with Crippen molar-refractivity contribution in [2.75, 3.05) is 17.9 Å². The Hall–Kier alpha value is -3.46. The monoisotopic (exact) mass is 424 g/mol. The van der Waals surface area contributed by atoms with Crippen LogP contribution in [0.5, 0.6) is 17.2 Å². The Bertz CT molecular complexity index is 1040. The van der Waals surface area contributed by atoms with Crippen molar-refractivity contribution in [1.29, 1.82) is 0 Å². The first-order valence-electron chi connectivity index (χ1n) is 9.26. The average Bonchev–Trinajstić information content (AvgIpc) is 3.38. The minimum atomic E-state index is -0.158. The van der Waals surface area contributed by atoms with Crippen molar-refractivity contribution >= 4 is 23.4 Å². The van der Waals surface area contributed by atoms with Crippen molar-refractivity contribution in [1.82, 2.24) is 14.8 Å². The third-order valence-corrected chi connectivity index (χ3v) is 5.17. The molecule has 0 fully saturated rings. The van der Waals surface area contributed by atoms with E-state index in [0.717, 1.165) is 5.75 Å². The number of carbonyl (C=O) groups excluding carboxylic acids is 1. The molecule has 1 aliphatic rings. The van der Waals surface area contributed by atoms with E-state index in [1.165, 1.54) is 11.8 Å². The van der Waals surface area contributed by atoms with Crippen LogP contribution in [0.2, 0.25) is 0 Å². The molecule has 0 atom stereocenters. The van der Waals surface area contributed by atoms with Gasteiger partial charge in [-0.25, -0.2) is 0 Å². The number of benzene rings is 2. The first-order chi connectivity index (χ1) is 14.7. The van der Waals surface area contributed by atoms with Gasteiger partial charge in [0.2, 0.25) is 12.7 Å². The van der Waals surface area contributed by atoms with Crippen molar-refractivity contribution in [3.8, 4) is 17.2 Å². The summed E-state index contributed by atoms with van der Waals surface area (Å²) in [6, 6.07) is 14.8. The van der Waals surface area contributed by atoms with Crippen LogP contribution in [-0.2, 0) is 17.9 Å². The number of allylic oxidation sites excluding steroid dienone is 1. The molecule has 0 unspecified atom stereocenters. The van der Waals surface area contributed by atoms with Gasteiger partial charge >= 0.3 is 0 Å². The number of ether oxygens (including phenoxy) is 3. The number of anilines is 1. The minimum absolute atomic E-state index is 0.158. The number of rotatable bonds is 9. The predicted molar refractivity (Wildman–Crippen MR) is 113 cm³/mol. The smallest absolute Gasteiger partial charge is 0.234 e. The number of hydrogen-bond acceptors (Lipinski definition) is 7. The summed E-state index contributed by atoms with van der Waals surface area (Å²) in [4.78, 5) is 12.4. The molecule has 1 aromatic heterocycles. The van der Waals surface area contributed by atoms with Crippen LogP contribution in [0.25, 0.3) is 0 Å². The second-order valence-electron chi connectivity index (χ2n) is 6.30. The van der Waals surface area contributed by atoms with E-state index < -0.39 is 0 Å². The van der Waals surface area contributed by atoms with Crippen LogP contribution in [0.1, 0.15) is 5.82 Å². The lowest BCUT2D eigenvalue weighted by Crippen LogP contribution is -2.15. The zero-order chi connectivity index (χ0) is 20.8. The standard InChI is InChI=1S/C21H20N4O4S/c1-2-10-25-19(12-27-16-6-4-3-5-7-16)23-24-21(25)30-13-20(26)22-15-8-9-17-18(11-15)29-14-28-17/h2-9,11H,1,10,12-14H2,(H,22,26). The quantitative estimate of drug-likeness (QED) is 0.415. The SMILES string of the molecule is C=CCn1c(COc2ccccc2)nnc1SCC(=O)Nc1ccc2c(c1)OCO2. The Labute approximate surface area is 177 Å². The molecule has 2 heterocycles. The Balaban J connectivity index is 1.36. The van der Waals surface area contributed by atoms with E-state index in [1.807, 2.05) is 34.9 Å². The molecule has 9 heteroatoms. The summed E-state index contributed by atoms with van der Waals surface area (Å²) in [5.41, 5.74) is 0.648. The van der Waals surface area contributed by atoms with Gasteiger partial charge < -0.3 is 19.5 Å². The van der Waals surface area contributed by atoms with Crippen molar-refractivity contribution in [3.05, 3.63) is 67.0 Å². The van der Waals surface area contributed by atoms with E-state index >= 15 is 0 Å². The molecule has 0 radical (unpaired) electrons. The van der Waals surface area contributed by atoms with Gasteiger partial charge in [-0.2, -0.15) is 0 Å². The third kappa shape index (κ3) is 4.74. The molecule has 1 N–H and O–H groups in total. The fraction of sp³-hybridized carbons (Fsp3) is 0.190. The van der Waals surface area contributed by atoms with Gasteiger partial charge in [-0.3, -0.25) is 9.36 Å². The maximum Gasteiger partial charge on any atom is 0.234 e. The first-order valence-corrected chi connectivity index (χ1v) is 10.2. The van der Waals surface area contributed by atoms with E-state index in [-0.39, 0.29) is 25.1 Å². The summed E-state index contributed by atoms with van der Waals surface area (Å²) in [6.45, 7) is 4.77. The molecule has 2 aromatic carbocycles. The van der Waals surface area contributed by atoms with Crippen LogP contribution in [-0.4, -0.2) is 33.2 Å². The van der Waals surface area contributed by atoms with Crippen molar-refractivity contribution in [2.24, 2.45) is 0 Å². The molecule has 0 saturated heterocycles. The number of carbonyl (C=O) groups is 1. The van der Waals surface area contributed by atoms with Crippen LogP contribution in [0.4, 0.5) is 5.69 Å². The van der Waals surface area contributed by atoms with E-state index in [2.05, 4.69) is 22.1 Å². The van der Waals surface area contributed by atoms with Crippen LogP contribution in [0.15, 0.2) is 66.3 Å². The molecule has 0 saturated carbocycles. The van der Waals surface area contributed by atoms with Crippen LogP contribution >= 0.6 is 11.8 Å². The number of thioether (sulfide) groups is 1. The number of para-hydroxylation sites is 1. The number of aromatic nitrogens is 3. The molecule has 4 rings (SSSR count). The molecule has 30 heavy (non-hydrogen) atoms. The number of amides is 1. The highest BCUT2D eigenvalue weighted by molar-refractivity contribution is 7.99. The first kappa shape index (κ1) is 19.8. The fourth-order valence-electron chi connectivity index (χ4n) is 2.81. The highest BCUT2D eigenvalue weighted by Gasteiger charge is 2.16. The number of nitrogens with zero attached hydrogens (tertiary/aromatic N) is 3. The second-order valence-corrected chi connectivity index (χ2v) is 7.25. The highest BCUT2D eigenvalue weighted by Crippen LogP contribution is 2.34. The minimum Gasteiger partial charge on any atom is -0.486 e. The zero-order valence-electron chi connectivity index (χ0n) is 16.1. The maximum absolute atomic E-state index is 12.4.